The van der Waals surface area contributed by atoms with Gasteiger partial charge in [0.25, 0.3) is 0 Å². The van der Waals surface area contributed by atoms with Gasteiger partial charge in [-0.2, -0.15) is 0 Å². The molecule has 1 amide bonds. The van der Waals surface area contributed by atoms with Crippen LogP contribution in [0, 0.1) is 11.8 Å². The predicted molar refractivity (Wildman–Crippen MR) is 52.1 cm³/mol. The van der Waals surface area contributed by atoms with E-state index >= 15 is 0 Å². The van der Waals surface area contributed by atoms with Gasteiger partial charge in [0.1, 0.15) is 5.92 Å². The number of aliphatic carboxylic acids is 1. The molecule has 0 radical (unpaired) electrons. The second-order valence-electron chi connectivity index (χ2n) is 3.73. The second kappa shape index (κ2) is 5.09. The molecule has 4 N–H and O–H groups in total. The van der Waals surface area contributed by atoms with Gasteiger partial charge in [0.2, 0.25) is 5.91 Å². The van der Waals surface area contributed by atoms with Crippen molar-refractivity contribution in [3.8, 4) is 0 Å². The van der Waals surface area contributed by atoms with Crippen molar-refractivity contribution in [1.29, 1.82) is 0 Å². The van der Waals surface area contributed by atoms with Crippen molar-refractivity contribution in [2.75, 3.05) is 19.8 Å². The summed E-state index contributed by atoms with van der Waals surface area (Å²) in [5.41, 5.74) is 5.33. The van der Waals surface area contributed by atoms with E-state index in [1.807, 2.05) is 0 Å². The first-order valence-corrected chi connectivity index (χ1v) is 4.87. The van der Waals surface area contributed by atoms with Crippen LogP contribution < -0.4 is 11.1 Å². The highest BCUT2D eigenvalue weighted by Gasteiger charge is 2.35. The van der Waals surface area contributed by atoms with E-state index in [-0.39, 0.29) is 31.6 Å². The van der Waals surface area contributed by atoms with Crippen molar-refractivity contribution in [3.05, 3.63) is 0 Å². The molecule has 6 nitrogen and oxygen atoms in total. The smallest absolute Gasteiger partial charge is 0.311 e. The first-order valence-electron chi connectivity index (χ1n) is 4.87. The van der Waals surface area contributed by atoms with Gasteiger partial charge in [0, 0.05) is 12.5 Å². The molecule has 1 aliphatic rings. The van der Waals surface area contributed by atoms with E-state index in [2.05, 4.69) is 5.32 Å². The molecule has 1 rings (SSSR count). The Morgan fingerprint density at radius 2 is 2.27 bits per heavy atom. The molecule has 6 heteroatoms. The van der Waals surface area contributed by atoms with Gasteiger partial charge in [-0.3, -0.25) is 9.59 Å². The minimum Gasteiger partial charge on any atom is -0.481 e. The quantitative estimate of drug-likeness (QED) is 0.547. The molecule has 1 heterocycles. The molecule has 1 saturated heterocycles. The van der Waals surface area contributed by atoms with E-state index in [0.717, 1.165) is 0 Å². The Kier molecular flexibility index (Phi) is 4.05. The average molecular weight is 216 g/mol. The van der Waals surface area contributed by atoms with E-state index in [9.17, 15) is 9.59 Å². The van der Waals surface area contributed by atoms with E-state index in [1.54, 1.807) is 6.92 Å². The van der Waals surface area contributed by atoms with E-state index < -0.39 is 17.9 Å². The van der Waals surface area contributed by atoms with Crippen LogP contribution in [0.15, 0.2) is 0 Å². The first-order chi connectivity index (χ1) is 7.06. The second-order valence-corrected chi connectivity index (χ2v) is 3.73. The molecule has 0 aromatic heterocycles. The van der Waals surface area contributed by atoms with Gasteiger partial charge in [-0.25, -0.2) is 0 Å². The monoisotopic (exact) mass is 216 g/mol. The van der Waals surface area contributed by atoms with Crippen molar-refractivity contribution in [3.63, 3.8) is 0 Å². The Balaban J connectivity index is 2.50. The third-order valence-corrected chi connectivity index (χ3v) is 2.53. The van der Waals surface area contributed by atoms with Gasteiger partial charge >= 0.3 is 5.97 Å². The van der Waals surface area contributed by atoms with Gasteiger partial charge in [-0.05, 0) is 0 Å². The molecule has 0 aromatic carbocycles. The van der Waals surface area contributed by atoms with Crippen molar-refractivity contribution in [2.45, 2.75) is 13.0 Å². The lowest BCUT2D eigenvalue weighted by Crippen LogP contribution is -2.45. The zero-order chi connectivity index (χ0) is 11.4. The summed E-state index contributed by atoms with van der Waals surface area (Å²) in [7, 11) is 0. The van der Waals surface area contributed by atoms with Crippen LogP contribution in [0.4, 0.5) is 0 Å². The molecule has 0 aromatic rings. The van der Waals surface area contributed by atoms with Crippen molar-refractivity contribution in [1.82, 2.24) is 5.32 Å². The number of ether oxygens (including phenoxy) is 1. The average Bonchev–Trinajstić information content (AvgIpc) is 2.64. The molecule has 3 unspecified atom stereocenters. The summed E-state index contributed by atoms with van der Waals surface area (Å²) in [6.45, 7) is 2.34. The SMILES string of the molecule is CC(CN)C(=O)NC1COCC1C(=O)O. The van der Waals surface area contributed by atoms with Crippen LogP contribution >= 0.6 is 0 Å². The van der Waals surface area contributed by atoms with Gasteiger partial charge in [-0.1, -0.05) is 6.92 Å². The van der Waals surface area contributed by atoms with Crippen LogP contribution in [0.3, 0.4) is 0 Å². The third kappa shape index (κ3) is 2.90. The van der Waals surface area contributed by atoms with Crippen molar-refractivity contribution >= 4 is 11.9 Å². The summed E-state index contributed by atoms with van der Waals surface area (Å²) >= 11 is 0. The van der Waals surface area contributed by atoms with Crippen LogP contribution in [-0.4, -0.2) is 42.8 Å². The Morgan fingerprint density at radius 1 is 1.60 bits per heavy atom. The van der Waals surface area contributed by atoms with Gasteiger partial charge in [-0.15, -0.1) is 0 Å². The highest BCUT2D eigenvalue weighted by molar-refractivity contribution is 5.80. The van der Waals surface area contributed by atoms with Crippen LogP contribution in [0.2, 0.25) is 0 Å². The molecule has 0 aliphatic carbocycles. The fraction of sp³-hybridized carbons (Fsp3) is 0.778. The summed E-state index contributed by atoms with van der Waals surface area (Å²) in [5, 5.41) is 11.5. The lowest BCUT2D eigenvalue weighted by atomic mass is 10.0. The topological polar surface area (TPSA) is 102 Å². The first kappa shape index (κ1) is 11.9. The van der Waals surface area contributed by atoms with Crippen molar-refractivity contribution < 1.29 is 19.4 Å². The zero-order valence-corrected chi connectivity index (χ0v) is 8.60. The fourth-order valence-electron chi connectivity index (χ4n) is 1.37. The zero-order valence-electron chi connectivity index (χ0n) is 8.60. The maximum Gasteiger partial charge on any atom is 0.311 e. The highest BCUT2D eigenvalue weighted by atomic mass is 16.5. The van der Waals surface area contributed by atoms with Crippen LogP contribution in [0.25, 0.3) is 0 Å². The summed E-state index contributed by atoms with van der Waals surface area (Å²) in [6.07, 6.45) is 0. The van der Waals surface area contributed by atoms with Gasteiger partial charge in [0.05, 0.1) is 19.3 Å². The Hall–Kier alpha value is -1.14. The minimum atomic E-state index is -0.946. The van der Waals surface area contributed by atoms with Crippen LogP contribution in [-0.2, 0) is 14.3 Å². The molecule has 0 spiro atoms. The Bertz CT molecular complexity index is 256. The van der Waals surface area contributed by atoms with Crippen LogP contribution in [0.5, 0.6) is 0 Å². The molecule has 1 fully saturated rings. The molecule has 0 bridgehead atoms. The number of amides is 1. The van der Waals surface area contributed by atoms with E-state index in [0.29, 0.717) is 0 Å². The largest absolute Gasteiger partial charge is 0.481 e. The third-order valence-electron chi connectivity index (χ3n) is 2.53. The molecule has 1 aliphatic heterocycles. The number of carbonyl (C=O) groups excluding carboxylic acids is 1. The molecular weight excluding hydrogens is 200 g/mol. The number of hydrogen-bond donors (Lipinski definition) is 3. The van der Waals surface area contributed by atoms with Crippen molar-refractivity contribution in [2.24, 2.45) is 17.6 Å². The number of nitrogens with two attached hydrogens (primary N) is 1. The molecule has 86 valence electrons. The number of hydrogen-bond acceptors (Lipinski definition) is 4. The fourth-order valence-corrected chi connectivity index (χ4v) is 1.37. The van der Waals surface area contributed by atoms with Gasteiger partial charge < -0.3 is 20.9 Å². The molecule has 0 saturated carbocycles. The van der Waals surface area contributed by atoms with E-state index in [1.165, 1.54) is 0 Å². The lowest BCUT2D eigenvalue weighted by Gasteiger charge is -2.17. The number of nitrogens with one attached hydrogen (secondary N) is 1. The maximum atomic E-state index is 11.5. The Labute approximate surface area is 87.8 Å². The highest BCUT2D eigenvalue weighted by Crippen LogP contribution is 2.14. The summed E-state index contributed by atoms with van der Waals surface area (Å²) in [6, 6.07) is -0.441. The minimum absolute atomic E-state index is 0.150. The molecule has 15 heavy (non-hydrogen) atoms. The normalized spacial score (nSPS) is 27.3. The summed E-state index contributed by atoms with van der Waals surface area (Å²) < 4.78 is 5.02. The maximum absolute atomic E-state index is 11.5. The molecular formula is C9H16N2O4. The Morgan fingerprint density at radius 3 is 2.80 bits per heavy atom. The predicted octanol–water partition coefficient (Wildman–Crippen LogP) is -1.20. The number of carboxylic acid groups (broad SMARTS) is 1. The number of carboxylic acids is 1. The van der Waals surface area contributed by atoms with E-state index in [4.69, 9.17) is 15.6 Å². The standard InChI is InChI=1S/C9H16N2O4/c1-5(2-10)8(12)11-7-4-15-3-6(7)9(13)14/h5-7H,2-4,10H2,1H3,(H,11,12)(H,13,14). The molecule has 3 atom stereocenters. The lowest BCUT2D eigenvalue weighted by molar-refractivity contribution is -0.142. The summed E-state index contributed by atoms with van der Waals surface area (Å²) in [5.74, 6) is -2.13. The van der Waals surface area contributed by atoms with Gasteiger partial charge in [0.15, 0.2) is 0 Å². The number of carbonyl (C=O) groups is 2. The van der Waals surface area contributed by atoms with Crippen LogP contribution in [0.1, 0.15) is 6.92 Å². The summed E-state index contributed by atoms with van der Waals surface area (Å²) in [4.78, 5) is 22.2. The number of rotatable bonds is 4.